The lowest BCUT2D eigenvalue weighted by Gasteiger charge is -2.16. The quantitative estimate of drug-likeness (QED) is 0.781. The third-order valence-electron chi connectivity index (χ3n) is 2.32. The Hall–Kier alpha value is -1.33. The molecule has 1 atom stereocenters. The summed E-state index contributed by atoms with van der Waals surface area (Å²) in [6.45, 7) is 2.47. The first-order chi connectivity index (χ1) is 8.56. The highest BCUT2D eigenvalue weighted by molar-refractivity contribution is 6.33. The van der Waals surface area contributed by atoms with Crippen molar-refractivity contribution in [1.29, 1.82) is 0 Å². The maximum Gasteiger partial charge on any atom is 0.242 e. The van der Waals surface area contributed by atoms with E-state index in [0.717, 1.165) is 0 Å². The van der Waals surface area contributed by atoms with Gasteiger partial charge in [0, 0.05) is 13.7 Å². The average molecular weight is 275 g/mol. The van der Waals surface area contributed by atoms with Gasteiger partial charge in [-0.15, -0.1) is 0 Å². The topological polar surface area (TPSA) is 50.4 Å². The van der Waals surface area contributed by atoms with Crippen LogP contribution >= 0.6 is 11.6 Å². The smallest absolute Gasteiger partial charge is 0.242 e. The van der Waals surface area contributed by atoms with E-state index in [1.165, 1.54) is 12.1 Å². The molecule has 0 bridgehead atoms. The fourth-order valence-corrected chi connectivity index (χ4v) is 1.56. The van der Waals surface area contributed by atoms with Crippen molar-refractivity contribution in [3.63, 3.8) is 0 Å². The number of methoxy groups -OCH3 is 1. The number of carbonyl (C=O) groups excluding carboxylic acids is 1. The average Bonchev–Trinajstić information content (AvgIpc) is 2.34. The van der Waals surface area contributed by atoms with E-state index < -0.39 is 11.9 Å². The molecule has 1 aromatic carbocycles. The van der Waals surface area contributed by atoms with Crippen LogP contribution in [-0.4, -0.2) is 32.2 Å². The molecule has 1 unspecified atom stereocenters. The SMILES string of the molecule is COCCNC(=O)C(C)Nc1c(F)cccc1Cl. The molecule has 0 heterocycles. The standard InChI is InChI=1S/C12H16ClFN2O2/c1-8(12(17)15-6-7-18-2)16-11-9(13)4-3-5-10(11)14/h3-5,8,16H,6-7H2,1-2H3,(H,15,17). The number of ether oxygens (including phenoxy) is 1. The van der Waals surface area contributed by atoms with Gasteiger partial charge in [-0.25, -0.2) is 4.39 Å². The first-order valence-electron chi connectivity index (χ1n) is 5.53. The number of hydrogen-bond acceptors (Lipinski definition) is 3. The number of benzene rings is 1. The van der Waals surface area contributed by atoms with Crippen LogP contribution in [0.25, 0.3) is 0 Å². The van der Waals surface area contributed by atoms with Crippen molar-refractivity contribution >= 4 is 23.2 Å². The normalized spacial score (nSPS) is 12.0. The molecule has 0 aromatic heterocycles. The molecule has 1 rings (SSSR count). The van der Waals surface area contributed by atoms with E-state index in [4.69, 9.17) is 16.3 Å². The van der Waals surface area contributed by atoms with Crippen LogP contribution in [0, 0.1) is 5.82 Å². The molecule has 2 N–H and O–H groups in total. The zero-order valence-corrected chi connectivity index (χ0v) is 11.1. The summed E-state index contributed by atoms with van der Waals surface area (Å²) in [5.41, 5.74) is 0.133. The lowest BCUT2D eigenvalue weighted by molar-refractivity contribution is -0.121. The molecule has 18 heavy (non-hydrogen) atoms. The number of halogens is 2. The Kier molecular flexibility index (Phi) is 5.88. The Morgan fingerprint density at radius 2 is 2.28 bits per heavy atom. The van der Waals surface area contributed by atoms with Crippen LogP contribution < -0.4 is 10.6 Å². The summed E-state index contributed by atoms with van der Waals surface area (Å²) < 4.78 is 18.3. The molecule has 0 aliphatic rings. The van der Waals surface area contributed by atoms with Crippen molar-refractivity contribution in [2.24, 2.45) is 0 Å². The van der Waals surface area contributed by atoms with Crippen molar-refractivity contribution in [3.05, 3.63) is 29.0 Å². The molecule has 0 aliphatic heterocycles. The molecular formula is C12H16ClFN2O2. The predicted molar refractivity (Wildman–Crippen MR) is 69.4 cm³/mol. The van der Waals surface area contributed by atoms with Gasteiger partial charge < -0.3 is 15.4 Å². The minimum atomic E-state index is -0.587. The molecule has 100 valence electrons. The molecule has 0 fully saturated rings. The van der Waals surface area contributed by atoms with Crippen LogP contribution in [0.4, 0.5) is 10.1 Å². The second-order valence-corrected chi connectivity index (χ2v) is 4.15. The zero-order valence-electron chi connectivity index (χ0n) is 10.3. The van der Waals surface area contributed by atoms with Crippen LogP contribution in [0.15, 0.2) is 18.2 Å². The van der Waals surface area contributed by atoms with Crippen LogP contribution in [0.5, 0.6) is 0 Å². The van der Waals surface area contributed by atoms with Crippen LogP contribution in [-0.2, 0) is 9.53 Å². The largest absolute Gasteiger partial charge is 0.383 e. The van der Waals surface area contributed by atoms with Gasteiger partial charge in [0.1, 0.15) is 11.9 Å². The van der Waals surface area contributed by atoms with Gasteiger partial charge in [-0.2, -0.15) is 0 Å². The number of nitrogens with one attached hydrogen (secondary N) is 2. The number of rotatable bonds is 6. The maximum atomic E-state index is 13.5. The van der Waals surface area contributed by atoms with Gasteiger partial charge in [0.05, 0.1) is 17.3 Å². The third-order valence-corrected chi connectivity index (χ3v) is 2.64. The fraction of sp³-hybridized carbons (Fsp3) is 0.417. The minimum absolute atomic E-state index is 0.133. The molecule has 6 heteroatoms. The summed E-state index contributed by atoms with van der Waals surface area (Å²) in [5.74, 6) is -0.731. The summed E-state index contributed by atoms with van der Waals surface area (Å²) >= 11 is 5.85. The molecule has 0 saturated heterocycles. The molecule has 0 saturated carbocycles. The van der Waals surface area contributed by atoms with E-state index in [0.29, 0.717) is 13.2 Å². The van der Waals surface area contributed by atoms with Gasteiger partial charge in [-0.3, -0.25) is 4.79 Å². The zero-order chi connectivity index (χ0) is 13.5. The lowest BCUT2D eigenvalue weighted by atomic mass is 10.2. The predicted octanol–water partition coefficient (Wildman–Crippen LogP) is 2.04. The molecule has 1 amide bonds. The Morgan fingerprint density at radius 3 is 2.89 bits per heavy atom. The summed E-state index contributed by atoms with van der Waals surface area (Å²) in [5, 5.41) is 5.64. The Bertz CT molecular complexity index is 395. The lowest BCUT2D eigenvalue weighted by Crippen LogP contribution is -2.39. The van der Waals surface area contributed by atoms with E-state index >= 15 is 0 Å². The summed E-state index contributed by atoms with van der Waals surface area (Å²) in [7, 11) is 1.55. The van der Waals surface area contributed by atoms with Gasteiger partial charge in [0.2, 0.25) is 5.91 Å². The van der Waals surface area contributed by atoms with Crippen molar-refractivity contribution in [2.45, 2.75) is 13.0 Å². The molecular weight excluding hydrogens is 259 g/mol. The molecule has 0 aliphatic carbocycles. The fourth-order valence-electron chi connectivity index (χ4n) is 1.35. The van der Waals surface area contributed by atoms with Crippen LogP contribution in [0.2, 0.25) is 5.02 Å². The van der Waals surface area contributed by atoms with Gasteiger partial charge in [0.25, 0.3) is 0 Å². The first-order valence-corrected chi connectivity index (χ1v) is 5.91. The Morgan fingerprint density at radius 1 is 1.56 bits per heavy atom. The van der Waals surface area contributed by atoms with E-state index in [9.17, 15) is 9.18 Å². The second-order valence-electron chi connectivity index (χ2n) is 3.75. The monoisotopic (exact) mass is 274 g/mol. The van der Waals surface area contributed by atoms with Crippen LogP contribution in [0.1, 0.15) is 6.92 Å². The van der Waals surface area contributed by atoms with E-state index in [1.807, 2.05) is 0 Å². The summed E-state index contributed by atoms with van der Waals surface area (Å²) in [6, 6.07) is 3.76. The van der Waals surface area contributed by atoms with Crippen molar-refractivity contribution in [1.82, 2.24) is 5.32 Å². The molecule has 1 aromatic rings. The minimum Gasteiger partial charge on any atom is -0.383 e. The van der Waals surface area contributed by atoms with E-state index in [2.05, 4.69) is 10.6 Å². The maximum absolute atomic E-state index is 13.5. The van der Waals surface area contributed by atoms with Gasteiger partial charge in [0.15, 0.2) is 0 Å². The first kappa shape index (κ1) is 14.7. The Balaban J connectivity index is 2.58. The highest BCUT2D eigenvalue weighted by Gasteiger charge is 2.15. The van der Waals surface area contributed by atoms with Crippen molar-refractivity contribution in [2.75, 3.05) is 25.6 Å². The second kappa shape index (κ2) is 7.18. The third kappa shape index (κ3) is 4.16. The molecule has 0 radical (unpaired) electrons. The van der Waals surface area contributed by atoms with Gasteiger partial charge >= 0.3 is 0 Å². The summed E-state index contributed by atoms with van der Waals surface area (Å²) in [6.07, 6.45) is 0. The highest BCUT2D eigenvalue weighted by Crippen LogP contribution is 2.25. The highest BCUT2D eigenvalue weighted by atomic mass is 35.5. The molecule has 0 spiro atoms. The van der Waals surface area contributed by atoms with E-state index in [-0.39, 0.29) is 16.6 Å². The number of amides is 1. The number of anilines is 1. The summed E-state index contributed by atoms with van der Waals surface area (Å²) in [4.78, 5) is 11.7. The number of hydrogen-bond donors (Lipinski definition) is 2. The van der Waals surface area contributed by atoms with Gasteiger partial charge in [-0.05, 0) is 19.1 Å². The Labute approximate surface area is 110 Å². The molecule has 4 nitrogen and oxygen atoms in total. The van der Waals surface area contributed by atoms with Crippen molar-refractivity contribution < 1.29 is 13.9 Å². The van der Waals surface area contributed by atoms with Gasteiger partial charge in [-0.1, -0.05) is 17.7 Å². The van der Waals surface area contributed by atoms with E-state index in [1.54, 1.807) is 20.1 Å². The van der Waals surface area contributed by atoms with Crippen molar-refractivity contribution in [3.8, 4) is 0 Å². The number of para-hydroxylation sites is 1. The van der Waals surface area contributed by atoms with Crippen LogP contribution in [0.3, 0.4) is 0 Å². The number of carbonyl (C=O) groups is 1.